The Hall–Kier alpha value is -2.92. The van der Waals surface area contributed by atoms with E-state index in [4.69, 9.17) is 4.52 Å². The first kappa shape index (κ1) is 21.3. The van der Waals surface area contributed by atoms with E-state index in [9.17, 15) is 18.0 Å². The van der Waals surface area contributed by atoms with Gasteiger partial charge in [0.2, 0.25) is 15.9 Å². The molecular weight excluding hydrogens is 422 g/mol. The second kappa shape index (κ2) is 8.31. The van der Waals surface area contributed by atoms with Gasteiger partial charge < -0.3 is 20.1 Å². The highest BCUT2D eigenvalue weighted by Gasteiger charge is 2.34. The Morgan fingerprint density at radius 1 is 1.06 bits per heavy atom. The molecule has 2 aliphatic rings. The van der Waals surface area contributed by atoms with Gasteiger partial charge in [-0.3, -0.25) is 4.79 Å². The number of nitrogens with zero attached hydrogens (tertiary/aromatic N) is 3. The molecule has 166 valence electrons. The van der Waals surface area contributed by atoms with Crippen LogP contribution in [-0.4, -0.2) is 60.9 Å². The van der Waals surface area contributed by atoms with E-state index in [0.717, 1.165) is 12.8 Å². The Balaban J connectivity index is 1.35. The number of nitrogens with one attached hydrogen (secondary N) is 2. The summed E-state index contributed by atoms with van der Waals surface area (Å²) in [6.45, 7) is 4.03. The van der Waals surface area contributed by atoms with Crippen molar-refractivity contribution in [1.29, 1.82) is 0 Å². The number of carbonyl (C=O) groups excluding carboxylic acids is 2. The van der Waals surface area contributed by atoms with Crippen LogP contribution in [0.4, 0.5) is 16.2 Å². The summed E-state index contributed by atoms with van der Waals surface area (Å²) < 4.78 is 32.2. The Kier molecular flexibility index (Phi) is 5.71. The second-order valence-corrected chi connectivity index (χ2v) is 9.69. The predicted octanol–water partition coefficient (Wildman–Crippen LogP) is 2.18. The maximum Gasteiger partial charge on any atom is 0.321 e. The maximum absolute atomic E-state index is 12.9. The first-order chi connectivity index (χ1) is 14.8. The zero-order valence-corrected chi connectivity index (χ0v) is 18.2. The fourth-order valence-corrected chi connectivity index (χ4v) is 5.28. The molecule has 0 radical (unpaired) electrons. The summed E-state index contributed by atoms with van der Waals surface area (Å²) in [7, 11) is -3.73. The summed E-state index contributed by atoms with van der Waals surface area (Å²) in [5, 5.41) is 9.39. The van der Waals surface area contributed by atoms with Crippen LogP contribution in [0.5, 0.6) is 0 Å². The highest BCUT2D eigenvalue weighted by molar-refractivity contribution is 7.89. The van der Waals surface area contributed by atoms with Crippen LogP contribution < -0.4 is 10.6 Å². The third kappa shape index (κ3) is 4.57. The summed E-state index contributed by atoms with van der Waals surface area (Å²) in [4.78, 5) is 26.2. The summed E-state index contributed by atoms with van der Waals surface area (Å²) >= 11 is 0. The Bertz CT molecular complexity index is 1080. The molecule has 11 heteroatoms. The predicted molar refractivity (Wildman–Crippen MR) is 113 cm³/mol. The number of hydrogen-bond acceptors (Lipinski definition) is 6. The molecule has 2 fully saturated rings. The molecule has 1 aromatic heterocycles. The highest BCUT2D eigenvalue weighted by atomic mass is 32.2. The highest BCUT2D eigenvalue weighted by Crippen LogP contribution is 2.30. The SMILES string of the molecule is Cc1noc(C)c1S(=O)(=O)N1CCN(C(=O)Nc2cccc(NC(=O)C3CC3)c2)CC1. The molecular formula is C20H25N5O5S. The van der Waals surface area contributed by atoms with Crippen LogP contribution in [0.25, 0.3) is 0 Å². The minimum atomic E-state index is -3.73. The average molecular weight is 448 g/mol. The maximum atomic E-state index is 12.9. The van der Waals surface area contributed by atoms with Crippen molar-refractivity contribution < 1.29 is 22.5 Å². The Morgan fingerprint density at radius 3 is 2.29 bits per heavy atom. The molecule has 1 aromatic carbocycles. The lowest BCUT2D eigenvalue weighted by atomic mass is 10.2. The molecule has 10 nitrogen and oxygen atoms in total. The fraction of sp³-hybridized carbons (Fsp3) is 0.450. The third-order valence-corrected chi connectivity index (χ3v) is 7.56. The second-order valence-electron chi connectivity index (χ2n) is 7.82. The summed E-state index contributed by atoms with van der Waals surface area (Å²) in [5.41, 5.74) is 1.51. The van der Waals surface area contributed by atoms with Crippen molar-refractivity contribution in [2.75, 3.05) is 36.8 Å². The topological polar surface area (TPSA) is 125 Å². The Labute approximate surface area is 180 Å². The quantitative estimate of drug-likeness (QED) is 0.724. The van der Waals surface area contributed by atoms with E-state index in [2.05, 4.69) is 15.8 Å². The van der Waals surface area contributed by atoms with Gasteiger partial charge in [0, 0.05) is 43.5 Å². The molecule has 1 saturated carbocycles. The van der Waals surface area contributed by atoms with Crippen molar-refractivity contribution in [1.82, 2.24) is 14.4 Å². The first-order valence-electron chi connectivity index (χ1n) is 10.2. The zero-order chi connectivity index (χ0) is 22.2. The zero-order valence-electron chi connectivity index (χ0n) is 17.4. The van der Waals surface area contributed by atoms with E-state index < -0.39 is 10.0 Å². The van der Waals surface area contributed by atoms with E-state index in [-0.39, 0.29) is 54.7 Å². The van der Waals surface area contributed by atoms with Crippen molar-refractivity contribution in [3.05, 3.63) is 35.7 Å². The van der Waals surface area contributed by atoms with Crippen LogP contribution in [0.2, 0.25) is 0 Å². The lowest BCUT2D eigenvalue weighted by Gasteiger charge is -2.33. The van der Waals surface area contributed by atoms with E-state index in [0.29, 0.717) is 17.1 Å². The normalized spacial score (nSPS) is 17.4. The molecule has 1 aliphatic carbocycles. The average Bonchev–Trinajstić information content (AvgIpc) is 3.53. The van der Waals surface area contributed by atoms with Crippen molar-refractivity contribution in [2.45, 2.75) is 31.6 Å². The minimum absolute atomic E-state index is 0.000830. The van der Waals surface area contributed by atoms with Crippen LogP contribution in [0.3, 0.4) is 0 Å². The van der Waals surface area contributed by atoms with E-state index in [1.165, 1.54) is 4.31 Å². The summed E-state index contributed by atoms with van der Waals surface area (Å²) in [6.07, 6.45) is 1.83. The summed E-state index contributed by atoms with van der Waals surface area (Å²) in [5.74, 6) is 0.349. The lowest BCUT2D eigenvalue weighted by Crippen LogP contribution is -2.51. The molecule has 0 bridgehead atoms. The van der Waals surface area contributed by atoms with Gasteiger partial charge in [0.1, 0.15) is 10.6 Å². The molecule has 2 heterocycles. The number of rotatable bonds is 5. The number of amides is 3. The van der Waals surface area contributed by atoms with Gasteiger partial charge in [-0.2, -0.15) is 4.31 Å². The smallest absolute Gasteiger partial charge is 0.321 e. The van der Waals surface area contributed by atoms with Crippen LogP contribution in [0.1, 0.15) is 24.3 Å². The van der Waals surface area contributed by atoms with Crippen LogP contribution in [-0.2, 0) is 14.8 Å². The minimum Gasteiger partial charge on any atom is -0.360 e. The van der Waals surface area contributed by atoms with Gasteiger partial charge in [0.05, 0.1) is 0 Å². The van der Waals surface area contributed by atoms with Gasteiger partial charge in [-0.25, -0.2) is 13.2 Å². The number of aromatic nitrogens is 1. The largest absolute Gasteiger partial charge is 0.360 e. The molecule has 0 atom stereocenters. The molecule has 0 spiro atoms. The van der Waals surface area contributed by atoms with Crippen LogP contribution in [0.15, 0.2) is 33.7 Å². The number of hydrogen-bond donors (Lipinski definition) is 2. The number of benzene rings is 1. The van der Waals surface area contributed by atoms with Gasteiger partial charge in [-0.15, -0.1) is 0 Å². The Morgan fingerprint density at radius 2 is 1.71 bits per heavy atom. The third-order valence-electron chi connectivity index (χ3n) is 5.42. The number of aryl methyl sites for hydroxylation is 2. The van der Waals surface area contributed by atoms with Crippen molar-refractivity contribution in [2.24, 2.45) is 5.92 Å². The van der Waals surface area contributed by atoms with Crippen molar-refractivity contribution in [3.63, 3.8) is 0 Å². The molecule has 1 saturated heterocycles. The molecule has 2 aromatic rings. The van der Waals surface area contributed by atoms with Gasteiger partial charge in [-0.1, -0.05) is 11.2 Å². The molecule has 2 N–H and O–H groups in total. The molecule has 4 rings (SSSR count). The molecule has 1 aliphatic heterocycles. The number of anilines is 2. The number of urea groups is 1. The molecule has 0 unspecified atom stereocenters. The van der Waals surface area contributed by atoms with Crippen LogP contribution >= 0.6 is 0 Å². The molecule has 3 amide bonds. The van der Waals surface area contributed by atoms with Gasteiger partial charge in [0.15, 0.2) is 5.76 Å². The van der Waals surface area contributed by atoms with Crippen molar-refractivity contribution >= 4 is 33.3 Å². The van der Waals surface area contributed by atoms with E-state index >= 15 is 0 Å². The number of carbonyl (C=O) groups is 2. The van der Waals surface area contributed by atoms with Crippen LogP contribution in [0, 0.1) is 19.8 Å². The number of sulfonamides is 1. The van der Waals surface area contributed by atoms with Crippen molar-refractivity contribution in [3.8, 4) is 0 Å². The monoisotopic (exact) mass is 447 g/mol. The fourth-order valence-electron chi connectivity index (χ4n) is 3.57. The summed E-state index contributed by atoms with van der Waals surface area (Å²) in [6, 6.07) is 6.65. The van der Waals surface area contributed by atoms with E-state index in [1.54, 1.807) is 43.0 Å². The lowest BCUT2D eigenvalue weighted by molar-refractivity contribution is -0.117. The van der Waals surface area contributed by atoms with Gasteiger partial charge in [-0.05, 0) is 44.9 Å². The van der Waals surface area contributed by atoms with E-state index in [1.807, 2.05) is 0 Å². The standard InChI is InChI=1S/C20H25N5O5S/c1-13-18(14(2)30-23-13)31(28,29)25-10-8-24(9-11-25)20(27)22-17-5-3-4-16(12-17)21-19(26)15-6-7-15/h3-5,12,15H,6-11H2,1-2H3,(H,21,26)(H,22,27). The first-order valence-corrected chi connectivity index (χ1v) is 11.6. The van der Waals surface area contributed by atoms with Gasteiger partial charge >= 0.3 is 6.03 Å². The van der Waals surface area contributed by atoms with Gasteiger partial charge in [0.25, 0.3) is 0 Å². The molecule has 31 heavy (non-hydrogen) atoms. The number of piperazine rings is 1.